The fourth-order valence-electron chi connectivity index (χ4n) is 1.12. The Morgan fingerprint density at radius 3 is 2.64 bits per heavy atom. The summed E-state index contributed by atoms with van der Waals surface area (Å²) in [4.78, 5) is 14.9. The van der Waals surface area contributed by atoms with Gasteiger partial charge in [0, 0.05) is 19.3 Å². The lowest BCUT2D eigenvalue weighted by atomic mass is 10.3. The van der Waals surface area contributed by atoms with Crippen LogP contribution in [0.25, 0.3) is 0 Å². The van der Waals surface area contributed by atoms with E-state index in [4.69, 9.17) is 0 Å². The highest BCUT2D eigenvalue weighted by Crippen LogP contribution is 2.08. The molecule has 0 unspecified atom stereocenters. The van der Waals surface area contributed by atoms with Gasteiger partial charge in [0.05, 0.1) is 6.54 Å². The van der Waals surface area contributed by atoms with Crippen molar-refractivity contribution in [2.45, 2.75) is 6.92 Å². The zero-order chi connectivity index (χ0) is 8.43. The summed E-state index contributed by atoms with van der Waals surface area (Å²) in [5.41, 5.74) is 0.892. The molecule has 0 aromatic rings. The van der Waals surface area contributed by atoms with Crippen LogP contribution in [0.1, 0.15) is 6.92 Å². The summed E-state index contributed by atoms with van der Waals surface area (Å²) in [6, 6.07) is 0. The maximum Gasteiger partial charge on any atom is 0.240 e. The molecule has 1 heterocycles. The van der Waals surface area contributed by atoms with E-state index in [0.717, 1.165) is 18.8 Å². The molecule has 0 saturated carbocycles. The Morgan fingerprint density at radius 1 is 1.55 bits per heavy atom. The standard InChI is InChI=1S/C8H14N2O/c1-4-10-5-7(2)9(3)8(11)6-10/h2,4-6H2,1,3H3. The number of nitrogens with zero attached hydrogens (tertiary/aromatic N) is 2. The molecule has 1 fully saturated rings. The maximum absolute atomic E-state index is 11.2. The number of amides is 1. The smallest absolute Gasteiger partial charge is 0.240 e. The van der Waals surface area contributed by atoms with E-state index >= 15 is 0 Å². The molecule has 0 N–H and O–H groups in total. The highest BCUT2D eigenvalue weighted by Gasteiger charge is 2.22. The molecule has 0 radical (unpaired) electrons. The largest absolute Gasteiger partial charge is 0.317 e. The number of piperazine rings is 1. The third-order valence-corrected chi connectivity index (χ3v) is 2.06. The van der Waals surface area contributed by atoms with E-state index in [0.29, 0.717) is 6.54 Å². The number of hydrogen-bond acceptors (Lipinski definition) is 2. The summed E-state index contributed by atoms with van der Waals surface area (Å²) in [6.07, 6.45) is 0. The second kappa shape index (κ2) is 3.05. The van der Waals surface area contributed by atoms with Crippen LogP contribution in [0.2, 0.25) is 0 Å². The monoisotopic (exact) mass is 154 g/mol. The topological polar surface area (TPSA) is 23.6 Å². The Balaban J connectivity index is 2.62. The summed E-state index contributed by atoms with van der Waals surface area (Å²) in [5, 5.41) is 0. The lowest BCUT2D eigenvalue weighted by Crippen LogP contribution is -2.46. The van der Waals surface area contributed by atoms with E-state index in [1.807, 2.05) is 6.92 Å². The first-order valence-electron chi connectivity index (χ1n) is 3.82. The third-order valence-electron chi connectivity index (χ3n) is 2.06. The fourth-order valence-corrected chi connectivity index (χ4v) is 1.12. The average molecular weight is 154 g/mol. The minimum Gasteiger partial charge on any atom is -0.317 e. The highest BCUT2D eigenvalue weighted by molar-refractivity contribution is 5.80. The van der Waals surface area contributed by atoms with Crippen LogP contribution < -0.4 is 0 Å². The molecule has 1 rings (SSSR count). The first-order valence-corrected chi connectivity index (χ1v) is 3.82. The predicted molar refractivity (Wildman–Crippen MR) is 44.0 cm³/mol. The molecule has 62 valence electrons. The van der Waals surface area contributed by atoms with Crippen LogP contribution in [0.5, 0.6) is 0 Å². The van der Waals surface area contributed by atoms with Gasteiger partial charge in [-0.25, -0.2) is 0 Å². The van der Waals surface area contributed by atoms with Gasteiger partial charge < -0.3 is 4.90 Å². The lowest BCUT2D eigenvalue weighted by Gasteiger charge is -2.32. The van der Waals surface area contributed by atoms with Crippen molar-refractivity contribution in [1.29, 1.82) is 0 Å². The molecular formula is C8H14N2O. The summed E-state index contributed by atoms with van der Waals surface area (Å²) in [7, 11) is 1.78. The molecule has 11 heavy (non-hydrogen) atoms. The zero-order valence-electron chi connectivity index (χ0n) is 7.13. The Labute approximate surface area is 67.3 Å². The van der Waals surface area contributed by atoms with Gasteiger partial charge in [0.15, 0.2) is 0 Å². The van der Waals surface area contributed by atoms with E-state index in [1.165, 1.54) is 0 Å². The van der Waals surface area contributed by atoms with Crippen molar-refractivity contribution < 1.29 is 4.79 Å². The first-order chi connectivity index (χ1) is 5.15. The van der Waals surface area contributed by atoms with Crippen LogP contribution in [-0.2, 0) is 4.79 Å². The van der Waals surface area contributed by atoms with Crippen LogP contribution in [0.3, 0.4) is 0 Å². The summed E-state index contributed by atoms with van der Waals surface area (Å²) in [6.45, 7) is 8.12. The van der Waals surface area contributed by atoms with Gasteiger partial charge in [0.25, 0.3) is 0 Å². The van der Waals surface area contributed by atoms with Gasteiger partial charge in [0.1, 0.15) is 0 Å². The van der Waals surface area contributed by atoms with E-state index < -0.39 is 0 Å². The molecule has 0 spiro atoms. The van der Waals surface area contributed by atoms with Crippen LogP contribution in [0.4, 0.5) is 0 Å². The molecule has 0 aromatic carbocycles. The highest BCUT2D eigenvalue weighted by atomic mass is 16.2. The molecule has 1 aliphatic rings. The second-order valence-electron chi connectivity index (χ2n) is 2.82. The number of likely N-dealkylation sites (N-methyl/N-ethyl adjacent to an activating group) is 2. The van der Waals surface area contributed by atoms with Crippen molar-refractivity contribution in [3.8, 4) is 0 Å². The molecule has 0 aromatic heterocycles. The number of carbonyl (C=O) groups excluding carboxylic acids is 1. The maximum atomic E-state index is 11.2. The quantitative estimate of drug-likeness (QED) is 0.542. The van der Waals surface area contributed by atoms with E-state index in [1.54, 1.807) is 11.9 Å². The van der Waals surface area contributed by atoms with Crippen molar-refractivity contribution in [1.82, 2.24) is 9.80 Å². The van der Waals surface area contributed by atoms with Crippen LogP contribution >= 0.6 is 0 Å². The fraction of sp³-hybridized carbons (Fsp3) is 0.625. The minimum absolute atomic E-state index is 0.142. The zero-order valence-corrected chi connectivity index (χ0v) is 7.13. The second-order valence-corrected chi connectivity index (χ2v) is 2.82. The summed E-state index contributed by atoms with van der Waals surface area (Å²) < 4.78 is 0. The average Bonchev–Trinajstić information content (AvgIpc) is 1.99. The molecule has 0 bridgehead atoms. The first kappa shape index (κ1) is 8.27. The molecule has 0 atom stereocenters. The van der Waals surface area contributed by atoms with Crippen molar-refractivity contribution in [2.24, 2.45) is 0 Å². The lowest BCUT2D eigenvalue weighted by molar-refractivity contribution is -0.131. The van der Waals surface area contributed by atoms with Gasteiger partial charge in [-0.15, -0.1) is 0 Å². The van der Waals surface area contributed by atoms with Crippen molar-refractivity contribution in [3.05, 3.63) is 12.3 Å². The molecule has 1 aliphatic heterocycles. The van der Waals surface area contributed by atoms with Crippen LogP contribution in [0, 0.1) is 0 Å². The number of rotatable bonds is 1. The Hall–Kier alpha value is -0.830. The third kappa shape index (κ3) is 1.60. The summed E-state index contributed by atoms with van der Waals surface area (Å²) in [5.74, 6) is 0.142. The van der Waals surface area contributed by atoms with Crippen molar-refractivity contribution in [3.63, 3.8) is 0 Å². The van der Waals surface area contributed by atoms with Crippen molar-refractivity contribution in [2.75, 3.05) is 26.7 Å². The minimum atomic E-state index is 0.142. The normalized spacial score (nSPS) is 21.1. The van der Waals surface area contributed by atoms with Gasteiger partial charge in [-0.2, -0.15) is 0 Å². The Bertz CT molecular complexity index is 171. The van der Waals surface area contributed by atoms with Crippen molar-refractivity contribution >= 4 is 5.91 Å². The van der Waals surface area contributed by atoms with Crippen LogP contribution in [-0.4, -0.2) is 42.4 Å². The van der Waals surface area contributed by atoms with Crippen LogP contribution in [0.15, 0.2) is 12.3 Å². The van der Waals surface area contributed by atoms with Gasteiger partial charge in [-0.1, -0.05) is 13.5 Å². The van der Waals surface area contributed by atoms with Gasteiger partial charge >= 0.3 is 0 Å². The summed E-state index contributed by atoms with van der Waals surface area (Å²) >= 11 is 0. The van der Waals surface area contributed by atoms with E-state index in [2.05, 4.69) is 11.5 Å². The molecule has 1 saturated heterocycles. The molecule has 3 nitrogen and oxygen atoms in total. The molecule has 3 heteroatoms. The van der Waals surface area contributed by atoms with Gasteiger partial charge in [-0.05, 0) is 6.54 Å². The number of carbonyl (C=O) groups is 1. The Kier molecular flexibility index (Phi) is 2.29. The molecular weight excluding hydrogens is 140 g/mol. The van der Waals surface area contributed by atoms with Gasteiger partial charge in [-0.3, -0.25) is 9.69 Å². The molecule has 1 amide bonds. The van der Waals surface area contributed by atoms with E-state index in [9.17, 15) is 4.79 Å². The SMILES string of the molecule is C=C1CN(CC)CC(=O)N1C. The predicted octanol–water partition coefficient (Wildman–Crippen LogP) is 0.294. The van der Waals surface area contributed by atoms with E-state index in [-0.39, 0.29) is 5.91 Å². The molecule has 0 aliphatic carbocycles. The number of hydrogen-bond donors (Lipinski definition) is 0. The van der Waals surface area contributed by atoms with Gasteiger partial charge in [0.2, 0.25) is 5.91 Å². The Morgan fingerprint density at radius 2 is 2.18 bits per heavy atom.